The van der Waals surface area contributed by atoms with E-state index in [0.717, 1.165) is 5.56 Å². The third-order valence-electron chi connectivity index (χ3n) is 2.26. The van der Waals surface area contributed by atoms with E-state index in [1.165, 1.54) is 6.92 Å². The van der Waals surface area contributed by atoms with E-state index < -0.39 is 0 Å². The molecule has 0 N–H and O–H groups in total. The van der Waals surface area contributed by atoms with Crippen LogP contribution >= 0.6 is 0 Å². The Morgan fingerprint density at radius 2 is 1.83 bits per heavy atom. The first-order valence-electron chi connectivity index (χ1n) is 6.09. The minimum Gasteiger partial charge on any atom is -0.458 e. The summed E-state index contributed by atoms with van der Waals surface area (Å²) in [6, 6.07) is 9.86. The molecule has 0 saturated heterocycles. The van der Waals surface area contributed by atoms with Gasteiger partial charge in [0.2, 0.25) is 0 Å². The van der Waals surface area contributed by atoms with Gasteiger partial charge in [-0.3, -0.25) is 4.79 Å². The molecule has 0 aromatic heterocycles. The van der Waals surface area contributed by atoms with Crippen molar-refractivity contribution >= 4 is 5.97 Å². The summed E-state index contributed by atoms with van der Waals surface area (Å²) in [5.41, 5.74) is 1.09. The average Bonchev–Trinajstić information content (AvgIpc) is 2.36. The number of hydrogen-bond donors (Lipinski definition) is 0. The first-order chi connectivity index (χ1) is 8.72. The highest BCUT2D eigenvalue weighted by molar-refractivity contribution is 5.66. The van der Waals surface area contributed by atoms with Gasteiger partial charge in [-0.05, 0) is 12.5 Å². The molecule has 0 bridgehead atoms. The van der Waals surface area contributed by atoms with Crippen LogP contribution in [0.1, 0.15) is 19.4 Å². The van der Waals surface area contributed by atoms with E-state index in [9.17, 15) is 4.79 Å². The van der Waals surface area contributed by atoms with E-state index in [0.29, 0.717) is 26.4 Å². The number of esters is 1. The third kappa shape index (κ3) is 6.37. The molecule has 0 spiro atoms. The quantitative estimate of drug-likeness (QED) is 0.665. The van der Waals surface area contributed by atoms with Gasteiger partial charge in [-0.15, -0.1) is 0 Å². The van der Waals surface area contributed by atoms with E-state index >= 15 is 0 Å². The van der Waals surface area contributed by atoms with Crippen LogP contribution < -0.4 is 0 Å². The zero-order valence-electron chi connectivity index (χ0n) is 10.9. The van der Waals surface area contributed by atoms with E-state index in [4.69, 9.17) is 14.2 Å². The van der Waals surface area contributed by atoms with Crippen molar-refractivity contribution in [2.24, 2.45) is 0 Å². The van der Waals surface area contributed by atoms with Crippen LogP contribution in [0.25, 0.3) is 0 Å². The Hall–Kier alpha value is -1.39. The topological polar surface area (TPSA) is 44.8 Å². The minimum absolute atomic E-state index is 0.317. The Morgan fingerprint density at radius 3 is 2.44 bits per heavy atom. The Kier molecular flexibility index (Phi) is 7.06. The van der Waals surface area contributed by atoms with E-state index in [1.807, 2.05) is 37.3 Å². The molecule has 0 heterocycles. The SMILES string of the molecule is CCOC[C@H](COCc1ccccc1)OC(C)=O. The first-order valence-corrected chi connectivity index (χ1v) is 6.09. The molecule has 0 aliphatic carbocycles. The van der Waals surface area contributed by atoms with Gasteiger partial charge in [-0.1, -0.05) is 30.3 Å². The average molecular weight is 252 g/mol. The lowest BCUT2D eigenvalue weighted by Crippen LogP contribution is -2.27. The van der Waals surface area contributed by atoms with Crippen LogP contribution in [0.15, 0.2) is 30.3 Å². The summed E-state index contributed by atoms with van der Waals surface area (Å²) in [4.78, 5) is 10.9. The monoisotopic (exact) mass is 252 g/mol. The fourth-order valence-electron chi connectivity index (χ4n) is 1.48. The maximum absolute atomic E-state index is 10.9. The highest BCUT2D eigenvalue weighted by Gasteiger charge is 2.12. The Bertz CT molecular complexity index is 337. The van der Waals surface area contributed by atoms with Crippen molar-refractivity contribution in [3.63, 3.8) is 0 Å². The molecule has 0 radical (unpaired) electrons. The lowest BCUT2D eigenvalue weighted by atomic mass is 10.2. The Balaban J connectivity index is 2.30. The smallest absolute Gasteiger partial charge is 0.303 e. The van der Waals surface area contributed by atoms with Gasteiger partial charge in [-0.25, -0.2) is 0 Å². The predicted molar refractivity (Wildman–Crippen MR) is 68.1 cm³/mol. The van der Waals surface area contributed by atoms with Gasteiger partial charge < -0.3 is 14.2 Å². The van der Waals surface area contributed by atoms with Crippen molar-refractivity contribution in [1.82, 2.24) is 0 Å². The van der Waals surface area contributed by atoms with Crippen LogP contribution in [0.5, 0.6) is 0 Å². The molecule has 0 fully saturated rings. The molecule has 1 aromatic rings. The third-order valence-corrected chi connectivity index (χ3v) is 2.26. The van der Waals surface area contributed by atoms with Gasteiger partial charge in [0, 0.05) is 13.5 Å². The molecular weight excluding hydrogens is 232 g/mol. The van der Waals surface area contributed by atoms with Crippen LogP contribution in [-0.2, 0) is 25.6 Å². The number of hydrogen-bond acceptors (Lipinski definition) is 4. The molecule has 0 aliphatic rings. The Labute approximate surface area is 108 Å². The predicted octanol–water partition coefficient (Wildman–Crippen LogP) is 2.17. The number of benzene rings is 1. The van der Waals surface area contributed by atoms with Crippen LogP contribution in [-0.4, -0.2) is 31.9 Å². The van der Waals surface area contributed by atoms with E-state index in [-0.39, 0.29) is 12.1 Å². The minimum atomic E-state index is -0.342. The van der Waals surface area contributed by atoms with Gasteiger partial charge >= 0.3 is 5.97 Å². The normalized spacial score (nSPS) is 12.1. The van der Waals surface area contributed by atoms with Crippen molar-refractivity contribution in [2.75, 3.05) is 19.8 Å². The summed E-state index contributed by atoms with van der Waals surface area (Å²) in [5.74, 6) is -0.317. The molecular formula is C14H20O4. The maximum atomic E-state index is 10.9. The highest BCUT2D eigenvalue weighted by Crippen LogP contribution is 2.03. The number of rotatable bonds is 8. The molecule has 18 heavy (non-hydrogen) atoms. The first kappa shape index (κ1) is 14.7. The zero-order valence-corrected chi connectivity index (χ0v) is 10.9. The van der Waals surface area contributed by atoms with Crippen LogP contribution in [0, 0.1) is 0 Å². The molecule has 0 unspecified atom stereocenters. The summed E-state index contributed by atoms with van der Waals surface area (Å²) in [5, 5.41) is 0. The lowest BCUT2D eigenvalue weighted by Gasteiger charge is -2.16. The van der Waals surface area contributed by atoms with Gasteiger partial charge in [0.15, 0.2) is 0 Å². The van der Waals surface area contributed by atoms with Gasteiger partial charge in [0.25, 0.3) is 0 Å². The van der Waals surface area contributed by atoms with Gasteiger partial charge in [0.1, 0.15) is 6.10 Å². The second-order valence-corrected chi connectivity index (χ2v) is 3.89. The van der Waals surface area contributed by atoms with Crippen molar-refractivity contribution < 1.29 is 19.0 Å². The standard InChI is InChI=1S/C14H20O4/c1-3-16-10-14(18-12(2)15)11-17-9-13-7-5-4-6-8-13/h4-8,14H,3,9-11H2,1-2H3/t14-/m1/s1. The van der Waals surface area contributed by atoms with Gasteiger partial charge in [-0.2, -0.15) is 0 Å². The largest absolute Gasteiger partial charge is 0.458 e. The van der Waals surface area contributed by atoms with E-state index in [2.05, 4.69) is 0 Å². The molecule has 100 valence electrons. The molecule has 1 aromatic carbocycles. The molecule has 1 rings (SSSR count). The highest BCUT2D eigenvalue weighted by atomic mass is 16.6. The molecule has 0 amide bonds. The Morgan fingerprint density at radius 1 is 1.17 bits per heavy atom. The summed E-state index contributed by atoms with van der Waals surface area (Å²) in [6.45, 7) is 5.09. The van der Waals surface area contributed by atoms with Crippen LogP contribution in [0.4, 0.5) is 0 Å². The number of carbonyl (C=O) groups is 1. The fourth-order valence-corrected chi connectivity index (χ4v) is 1.48. The van der Waals surface area contributed by atoms with Crippen molar-refractivity contribution in [1.29, 1.82) is 0 Å². The maximum Gasteiger partial charge on any atom is 0.303 e. The summed E-state index contributed by atoms with van der Waals surface area (Å²) in [7, 11) is 0. The van der Waals surface area contributed by atoms with Crippen LogP contribution in [0.3, 0.4) is 0 Å². The zero-order chi connectivity index (χ0) is 13.2. The van der Waals surface area contributed by atoms with Crippen LogP contribution in [0.2, 0.25) is 0 Å². The van der Waals surface area contributed by atoms with E-state index in [1.54, 1.807) is 0 Å². The van der Waals surface area contributed by atoms with Crippen molar-refractivity contribution in [3.05, 3.63) is 35.9 Å². The van der Waals surface area contributed by atoms with Crippen molar-refractivity contribution in [2.45, 2.75) is 26.6 Å². The second kappa shape index (κ2) is 8.66. The molecule has 1 atom stereocenters. The summed E-state index contributed by atoms with van der Waals surface area (Å²) in [6.07, 6.45) is -0.342. The molecule has 4 nitrogen and oxygen atoms in total. The molecule has 0 aliphatic heterocycles. The summed E-state index contributed by atoms with van der Waals surface area (Å²) >= 11 is 0. The molecule has 4 heteroatoms. The second-order valence-electron chi connectivity index (χ2n) is 3.89. The number of carbonyl (C=O) groups excluding carboxylic acids is 1. The molecule has 0 saturated carbocycles. The number of ether oxygens (including phenoxy) is 3. The lowest BCUT2D eigenvalue weighted by molar-refractivity contribution is -0.153. The fraction of sp³-hybridized carbons (Fsp3) is 0.500. The van der Waals surface area contributed by atoms with Gasteiger partial charge in [0.05, 0.1) is 19.8 Å². The van der Waals surface area contributed by atoms with Crippen molar-refractivity contribution in [3.8, 4) is 0 Å². The summed E-state index contributed by atoms with van der Waals surface area (Å²) < 4.78 is 15.9.